The van der Waals surface area contributed by atoms with E-state index in [0.29, 0.717) is 39.0 Å². The van der Waals surface area contributed by atoms with E-state index in [0.717, 1.165) is 0 Å². The van der Waals surface area contributed by atoms with Gasteiger partial charge in [0.1, 0.15) is 0 Å². The minimum atomic E-state index is -0.118. The van der Waals surface area contributed by atoms with E-state index in [-0.39, 0.29) is 23.7 Å². The summed E-state index contributed by atoms with van der Waals surface area (Å²) in [6.45, 7) is 5.64. The molecule has 0 radical (unpaired) electrons. The van der Waals surface area contributed by atoms with E-state index in [1.54, 1.807) is 0 Å². The molecule has 4 nitrogen and oxygen atoms in total. The Balaban J connectivity index is 1.81. The van der Waals surface area contributed by atoms with Gasteiger partial charge in [0.05, 0.1) is 12.5 Å². The van der Waals surface area contributed by atoms with Gasteiger partial charge in [0, 0.05) is 19.5 Å². The lowest BCUT2D eigenvalue weighted by molar-refractivity contribution is -0.151. The number of likely N-dealkylation sites (tertiary alicyclic amines) is 1. The molecule has 1 aromatic rings. The molecule has 1 aliphatic rings. The third-order valence-electron chi connectivity index (χ3n) is 4.32. The van der Waals surface area contributed by atoms with Gasteiger partial charge in [-0.25, -0.2) is 0 Å². The molecule has 2 rings (SSSR count). The number of nitrogens with zero attached hydrogens (tertiary/aromatic N) is 1. The third-order valence-corrected chi connectivity index (χ3v) is 4.32. The maximum atomic E-state index is 12.4. The number of piperidine rings is 1. The predicted octanol–water partition coefficient (Wildman–Crippen LogP) is 2.98. The Kier molecular flexibility index (Phi) is 5.99. The number of rotatable bonds is 5. The summed E-state index contributed by atoms with van der Waals surface area (Å²) in [4.78, 5) is 26.0. The molecule has 1 aliphatic heterocycles. The van der Waals surface area contributed by atoms with Crippen molar-refractivity contribution < 1.29 is 14.3 Å². The van der Waals surface area contributed by atoms with Crippen LogP contribution in [0.3, 0.4) is 0 Å². The fraction of sp³-hybridized carbons (Fsp3) is 0.556. The van der Waals surface area contributed by atoms with Crippen molar-refractivity contribution in [2.75, 3.05) is 19.7 Å². The first kappa shape index (κ1) is 16.5. The standard InChI is InChI=1S/C18H25NO3/c1-3-22-18(21)16-9-11-19(12-10-16)17(20)13-14(2)15-7-5-4-6-8-15/h4-8,14,16H,3,9-13H2,1-2H3/t14-/m1/s1. The van der Waals surface area contributed by atoms with Gasteiger partial charge in [0.2, 0.25) is 5.91 Å². The van der Waals surface area contributed by atoms with Crippen LogP contribution in [0.15, 0.2) is 30.3 Å². The maximum absolute atomic E-state index is 12.4. The van der Waals surface area contributed by atoms with Crippen molar-refractivity contribution in [1.82, 2.24) is 4.90 Å². The molecule has 1 atom stereocenters. The van der Waals surface area contributed by atoms with Crippen molar-refractivity contribution in [3.8, 4) is 0 Å². The summed E-state index contributed by atoms with van der Waals surface area (Å²) in [7, 11) is 0. The highest BCUT2D eigenvalue weighted by atomic mass is 16.5. The van der Waals surface area contributed by atoms with E-state index in [1.165, 1.54) is 5.56 Å². The Morgan fingerprint density at radius 3 is 2.45 bits per heavy atom. The van der Waals surface area contributed by atoms with Gasteiger partial charge >= 0.3 is 5.97 Å². The number of carbonyl (C=O) groups is 2. The SMILES string of the molecule is CCOC(=O)C1CCN(C(=O)C[C@@H](C)c2ccccc2)CC1. The Hall–Kier alpha value is -1.84. The van der Waals surface area contributed by atoms with Gasteiger partial charge < -0.3 is 9.64 Å². The normalized spacial score (nSPS) is 17.1. The molecule has 4 heteroatoms. The molecule has 1 aromatic carbocycles. The largest absolute Gasteiger partial charge is 0.466 e. The van der Waals surface area contributed by atoms with E-state index in [1.807, 2.05) is 30.0 Å². The fourth-order valence-corrected chi connectivity index (χ4v) is 2.92. The zero-order valence-electron chi connectivity index (χ0n) is 13.5. The second-order valence-electron chi connectivity index (χ2n) is 5.92. The highest BCUT2D eigenvalue weighted by Crippen LogP contribution is 2.23. The average Bonchev–Trinajstić information content (AvgIpc) is 2.56. The molecule has 22 heavy (non-hydrogen) atoms. The summed E-state index contributed by atoms with van der Waals surface area (Å²) in [5.74, 6) is 0.234. The van der Waals surface area contributed by atoms with Crippen LogP contribution < -0.4 is 0 Å². The van der Waals surface area contributed by atoms with E-state index in [4.69, 9.17) is 4.74 Å². The Morgan fingerprint density at radius 1 is 1.23 bits per heavy atom. The molecule has 120 valence electrons. The molecular weight excluding hydrogens is 278 g/mol. The van der Waals surface area contributed by atoms with E-state index >= 15 is 0 Å². The quantitative estimate of drug-likeness (QED) is 0.786. The summed E-state index contributed by atoms with van der Waals surface area (Å²) in [6.07, 6.45) is 1.95. The first-order chi connectivity index (χ1) is 10.6. The van der Waals surface area contributed by atoms with Gasteiger partial charge in [0.25, 0.3) is 0 Å². The van der Waals surface area contributed by atoms with Crippen LogP contribution in [-0.4, -0.2) is 36.5 Å². The molecule has 1 amide bonds. The lowest BCUT2D eigenvalue weighted by Gasteiger charge is -2.31. The van der Waals surface area contributed by atoms with Crippen molar-refractivity contribution in [2.45, 2.75) is 39.0 Å². The Bertz CT molecular complexity index is 492. The van der Waals surface area contributed by atoms with Crippen LogP contribution in [0.5, 0.6) is 0 Å². The number of benzene rings is 1. The van der Waals surface area contributed by atoms with Crippen LogP contribution in [-0.2, 0) is 14.3 Å². The molecule has 1 fully saturated rings. The van der Waals surface area contributed by atoms with Crippen LogP contribution in [0, 0.1) is 5.92 Å². The third kappa shape index (κ3) is 4.33. The molecule has 1 saturated heterocycles. The number of amides is 1. The second kappa shape index (κ2) is 7.97. The van der Waals surface area contributed by atoms with E-state index < -0.39 is 0 Å². The van der Waals surface area contributed by atoms with Gasteiger partial charge in [-0.05, 0) is 31.2 Å². The van der Waals surface area contributed by atoms with Gasteiger partial charge in [0.15, 0.2) is 0 Å². The summed E-state index contributed by atoms with van der Waals surface area (Å²) in [5, 5.41) is 0. The highest BCUT2D eigenvalue weighted by molar-refractivity contribution is 5.78. The highest BCUT2D eigenvalue weighted by Gasteiger charge is 2.28. The number of carbonyl (C=O) groups excluding carboxylic acids is 2. The van der Waals surface area contributed by atoms with Crippen molar-refractivity contribution in [1.29, 1.82) is 0 Å². The summed E-state index contributed by atoms with van der Waals surface area (Å²) >= 11 is 0. The van der Waals surface area contributed by atoms with Gasteiger partial charge in [-0.1, -0.05) is 37.3 Å². The van der Waals surface area contributed by atoms with Crippen LogP contribution in [0.4, 0.5) is 0 Å². The molecule has 0 N–H and O–H groups in total. The lowest BCUT2D eigenvalue weighted by Crippen LogP contribution is -2.41. The van der Waals surface area contributed by atoms with Crippen LogP contribution in [0.25, 0.3) is 0 Å². The van der Waals surface area contributed by atoms with Crippen molar-refractivity contribution in [3.05, 3.63) is 35.9 Å². The molecular formula is C18H25NO3. The zero-order valence-corrected chi connectivity index (χ0v) is 13.5. The smallest absolute Gasteiger partial charge is 0.309 e. The molecule has 1 heterocycles. The van der Waals surface area contributed by atoms with Gasteiger partial charge in [-0.3, -0.25) is 9.59 Å². The maximum Gasteiger partial charge on any atom is 0.309 e. The summed E-state index contributed by atoms with van der Waals surface area (Å²) in [6, 6.07) is 10.1. The molecule has 0 aliphatic carbocycles. The van der Waals surface area contributed by atoms with Crippen molar-refractivity contribution >= 4 is 11.9 Å². The number of ether oxygens (including phenoxy) is 1. The van der Waals surface area contributed by atoms with Crippen molar-refractivity contribution in [3.63, 3.8) is 0 Å². The van der Waals surface area contributed by atoms with Crippen LogP contribution in [0.2, 0.25) is 0 Å². The lowest BCUT2D eigenvalue weighted by atomic mass is 9.94. The molecule has 0 spiro atoms. The minimum absolute atomic E-state index is 0.0458. The molecule has 0 aromatic heterocycles. The summed E-state index contributed by atoms with van der Waals surface area (Å²) in [5.41, 5.74) is 1.19. The minimum Gasteiger partial charge on any atom is -0.466 e. The average molecular weight is 303 g/mol. The number of hydrogen-bond donors (Lipinski definition) is 0. The van der Waals surface area contributed by atoms with Crippen LogP contribution >= 0.6 is 0 Å². The van der Waals surface area contributed by atoms with E-state index in [2.05, 4.69) is 19.1 Å². The molecule has 0 bridgehead atoms. The topological polar surface area (TPSA) is 46.6 Å². The van der Waals surface area contributed by atoms with E-state index in [9.17, 15) is 9.59 Å². The first-order valence-electron chi connectivity index (χ1n) is 8.11. The number of esters is 1. The Morgan fingerprint density at radius 2 is 1.86 bits per heavy atom. The molecule has 0 saturated carbocycles. The second-order valence-corrected chi connectivity index (χ2v) is 5.92. The zero-order chi connectivity index (χ0) is 15.9. The summed E-state index contributed by atoms with van der Waals surface area (Å²) < 4.78 is 5.06. The van der Waals surface area contributed by atoms with Gasteiger partial charge in [-0.2, -0.15) is 0 Å². The Labute approximate surface area is 132 Å². The fourth-order valence-electron chi connectivity index (χ4n) is 2.92. The monoisotopic (exact) mass is 303 g/mol. The molecule has 0 unspecified atom stereocenters. The first-order valence-corrected chi connectivity index (χ1v) is 8.11. The predicted molar refractivity (Wildman–Crippen MR) is 85.4 cm³/mol. The van der Waals surface area contributed by atoms with Crippen LogP contribution in [0.1, 0.15) is 44.6 Å². The number of hydrogen-bond acceptors (Lipinski definition) is 3. The van der Waals surface area contributed by atoms with Gasteiger partial charge in [-0.15, -0.1) is 0 Å². The van der Waals surface area contributed by atoms with Crippen molar-refractivity contribution in [2.24, 2.45) is 5.92 Å².